The number of amides is 1. The molecular formula is C17H20N2O2. The summed E-state index contributed by atoms with van der Waals surface area (Å²) in [5.74, 6) is 0.772. The molecular weight excluding hydrogens is 264 g/mol. The van der Waals surface area contributed by atoms with Crippen molar-refractivity contribution in [1.29, 1.82) is 0 Å². The summed E-state index contributed by atoms with van der Waals surface area (Å²) in [5, 5.41) is 2.91. The van der Waals surface area contributed by atoms with Gasteiger partial charge < -0.3 is 15.8 Å². The lowest BCUT2D eigenvalue weighted by atomic mass is 10.0. The standard InChI is InChI=1S/C17H20N2O2/c1-21-16-8-4-5-13(9-16)12-19-17(20)10-14-6-2-3-7-15(14)11-18/h2-9H,10-12,18H2,1H3,(H,19,20). The van der Waals surface area contributed by atoms with Crippen LogP contribution in [0, 0.1) is 0 Å². The average Bonchev–Trinajstić information content (AvgIpc) is 2.53. The minimum atomic E-state index is -0.0151. The monoisotopic (exact) mass is 284 g/mol. The molecule has 2 rings (SSSR count). The summed E-state index contributed by atoms with van der Waals surface area (Å²) in [4.78, 5) is 12.0. The molecule has 0 unspecified atom stereocenters. The Morgan fingerprint density at radius 3 is 2.62 bits per heavy atom. The molecule has 0 aliphatic carbocycles. The fourth-order valence-electron chi connectivity index (χ4n) is 2.15. The zero-order chi connectivity index (χ0) is 15.1. The molecule has 2 aromatic carbocycles. The molecule has 4 nitrogen and oxygen atoms in total. The van der Waals surface area contributed by atoms with E-state index in [9.17, 15) is 4.79 Å². The van der Waals surface area contributed by atoms with Gasteiger partial charge in [0.05, 0.1) is 13.5 Å². The summed E-state index contributed by atoms with van der Waals surface area (Å²) in [7, 11) is 1.63. The second-order valence-corrected chi connectivity index (χ2v) is 4.78. The molecule has 110 valence electrons. The van der Waals surface area contributed by atoms with Gasteiger partial charge in [-0.15, -0.1) is 0 Å². The number of hydrogen-bond donors (Lipinski definition) is 2. The number of nitrogens with two attached hydrogens (primary N) is 1. The lowest BCUT2D eigenvalue weighted by molar-refractivity contribution is -0.120. The maximum atomic E-state index is 12.0. The van der Waals surface area contributed by atoms with Crippen molar-refractivity contribution in [2.75, 3.05) is 7.11 Å². The molecule has 0 saturated carbocycles. The Hall–Kier alpha value is -2.33. The van der Waals surface area contributed by atoms with E-state index in [0.717, 1.165) is 22.4 Å². The molecule has 0 radical (unpaired) electrons. The quantitative estimate of drug-likeness (QED) is 0.853. The van der Waals surface area contributed by atoms with Crippen molar-refractivity contribution in [3.63, 3.8) is 0 Å². The Bertz CT molecular complexity index is 611. The van der Waals surface area contributed by atoms with Crippen molar-refractivity contribution < 1.29 is 9.53 Å². The van der Waals surface area contributed by atoms with Crippen molar-refractivity contribution in [3.8, 4) is 5.75 Å². The normalized spacial score (nSPS) is 10.2. The summed E-state index contributed by atoms with van der Waals surface area (Å²) >= 11 is 0. The third-order valence-electron chi connectivity index (χ3n) is 3.31. The van der Waals surface area contributed by atoms with Gasteiger partial charge in [-0.25, -0.2) is 0 Å². The number of rotatable bonds is 6. The van der Waals surface area contributed by atoms with Gasteiger partial charge in [-0.05, 0) is 28.8 Å². The van der Waals surface area contributed by atoms with Crippen LogP contribution < -0.4 is 15.8 Å². The third-order valence-corrected chi connectivity index (χ3v) is 3.31. The van der Waals surface area contributed by atoms with Gasteiger partial charge in [0.15, 0.2) is 0 Å². The average molecular weight is 284 g/mol. The van der Waals surface area contributed by atoms with E-state index < -0.39 is 0 Å². The van der Waals surface area contributed by atoms with Gasteiger partial charge in [-0.1, -0.05) is 36.4 Å². The number of hydrogen-bond acceptors (Lipinski definition) is 3. The third kappa shape index (κ3) is 4.33. The topological polar surface area (TPSA) is 64.3 Å². The number of benzene rings is 2. The van der Waals surface area contributed by atoms with E-state index in [0.29, 0.717) is 19.5 Å². The molecule has 0 bridgehead atoms. The summed E-state index contributed by atoms with van der Waals surface area (Å²) < 4.78 is 5.16. The first-order chi connectivity index (χ1) is 10.2. The second-order valence-electron chi connectivity index (χ2n) is 4.78. The van der Waals surface area contributed by atoms with Crippen LogP contribution in [0.5, 0.6) is 5.75 Å². The van der Waals surface area contributed by atoms with Crippen LogP contribution in [0.1, 0.15) is 16.7 Å². The molecule has 3 N–H and O–H groups in total. The van der Waals surface area contributed by atoms with Crippen molar-refractivity contribution in [1.82, 2.24) is 5.32 Å². The predicted octanol–water partition coefficient (Wildman–Crippen LogP) is 2.01. The summed E-state index contributed by atoms with van der Waals surface area (Å²) in [6.45, 7) is 0.931. The molecule has 21 heavy (non-hydrogen) atoms. The maximum Gasteiger partial charge on any atom is 0.224 e. The Kier molecular flexibility index (Phi) is 5.35. The molecule has 2 aromatic rings. The van der Waals surface area contributed by atoms with E-state index in [-0.39, 0.29) is 5.91 Å². The summed E-state index contributed by atoms with van der Waals surface area (Å²) in [6, 6.07) is 15.4. The van der Waals surface area contributed by atoms with Gasteiger partial charge in [0.2, 0.25) is 5.91 Å². The highest BCUT2D eigenvalue weighted by Gasteiger charge is 2.07. The molecule has 4 heteroatoms. The fourth-order valence-corrected chi connectivity index (χ4v) is 2.15. The Balaban J connectivity index is 1.92. The van der Waals surface area contributed by atoms with E-state index in [1.165, 1.54) is 0 Å². The van der Waals surface area contributed by atoms with Gasteiger partial charge in [0.25, 0.3) is 0 Å². The first-order valence-corrected chi connectivity index (χ1v) is 6.89. The second kappa shape index (κ2) is 7.45. The van der Waals surface area contributed by atoms with E-state index in [1.54, 1.807) is 7.11 Å². The van der Waals surface area contributed by atoms with Crippen molar-refractivity contribution in [3.05, 3.63) is 65.2 Å². The number of nitrogens with one attached hydrogen (secondary N) is 1. The van der Waals surface area contributed by atoms with E-state index in [4.69, 9.17) is 10.5 Å². The minimum absolute atomic E-state index is 0.0151. The largest absolute Gasteiger partial charge is 0.497 e. The molecule has 1 amide bonds. The van der Waals surface area contributed by atoms with Crippen LogP contribution >= 0.6 is 0 Å². The zero-order valence-corrected chi connectivity index (χ0v) is 12.1. The fraction of sp³-hybridized carbons (Fsp3) is 0.235. The van der Waals surface area contributed by atoms with Crippen LogP contribution in [-0.2, 0) is 24.3 Å². The summed E-state index contributed by atoms with van der Waals surface area (Å²) in [5.41, 5.74) is 8.67. The van der Waals surface area contributed by atoms with Crippen LogP contribution in [-0.4, -0.2) is 13.0 Å². The molecule has 0 saturated heterocycles. The molecule has 0 aliphatic rings. The highest BCUT2D eigenvalue weighted by molar-refractivity contribution is 5.78. The number of carbonyl (C=O) groups is 1. The smallest absolute Gasteiger partial charge is 0.224 e. The van der Waals surface area contributed by atoms with Crippen molar-refractivity contribution in [2.24, 2.45) is 5.73 Å². The van der Waals surface area contributed by atoms with Crippen LogP contribution in [0.25, 0.3) is 0 Å². The summed E-state index contributed by atoms with van der Waals surface area (Å²) in [6.07, 6.45) is 0.345. The SMILES string of the molecule is COc1cccc(CNC(=O)Cc2ccccc2CN)c1. The van der Waals surface area contributed by atoms with Gasteiger partial charge in [0.1, 0.15) is 5.75 Å². The van der Waals surface area contributed by atoms with Gasteiger partial charge in [0, 0.05) is 13.1 Å². The Morgan fingerprint density at radius 2 is 1.90 bits per heavy atom. The highest BCUT2D eigenvalue weighted by atomic mass is 16.5. The molecule has 0 atom stereocenters. The molecule has 0 fully saturated rings. The number of ether oxygens (including phenoxy) is 1. The van der Waals surface area contributed by atoms with Crippen LogP contribution in [0.3, 0.4) is 0 Å². The first-order valence-electron chi connectivity index (χ1n) is 6.89. The van der Waals surface area contributed by atoms with E-state index in [1.807, 2.05) is 48.5 Å². The van der Waals surface area contributed by atoms with Gasteiger partial charge in [-0.2, -0.15) is 0 Å². The number of methoxy groups -OCH3 is 1. The van der Waals surface area contributed by atoms with Crippen LogP contribution in [0.4, 0.5) is 0 Å². The van der Waals surface area contributed by atoms with E-state index >= 15 is 0 Å². The lowest BCUT2D eigenvalue weighted by Gasteiger charge is -2.09. The molecule has 0 spiro atoms. The Labute approximate surface area is 124 Å². The molecule has 0 aliphatic heterocycles. The number of carbonyl (C=O) groups excluding carboxylic acids is 1. The minimum Gasteiger partial charge on any atom is -0.497 e. The van der Waals surface area contributed by atoms with Gasteiger partial charge in [-0.3, -0.25) is 4.79 Å². The molecule has 0 heterocycles. The van der Waals surface area contributed by atoms with Crippen molar-refractivity contribution >= 4 is 5.91 Å². The highest BCUT2D eigenvalue weighted by Crippen LogP contribution is 2.12. The van der Waals surface area contributed by atoms with E-state index in [2.05, 4.69) is 5.32 Å². The predicted molar refractivity (Wildman–Crippen MR) is 82.9 cm³/mol. The maximum absolute atomic E-state index is 12.0. The lowest BCUT2D eigenvalue weighted by Crippen LogP contribution is -2.25. The van der Waals surface area contributed by atoms with Gasteiger partial charge >= 0.3 is 0 Å². The van der Waals surface area contributed by atoms with Crippen molar-refractivity contribution in [2.45, 2.75) is 19.5 Å². The molecule has 0 aromatic heterocycles. The van der Waals surface area contributed by atoms with Crippen LogP contribution in [0.15, 0.2) is 48.5 Å². The Morgan fingerprint density at radius 1 is 1.14 bits per heavy atom. The zero-order valence-electron chi connectivity index (χ0n) is 12.1. The van der Waals surface area contributed by atoms with Crippen LogP contribution in [0.2, 0.25) is 0 Å². The first kappa shape index (κ1) is 15.1.